The van der Waals surface area contributed by atoms with Gasteiger partial charge in [0.25, 0.3) is 0 Å². The maximum atomic E-state index is 3.90. The van der Waals surface area contributed by atoms with Crippen molar-refractivity contribution in [1.29, 1.82) is 0 Å². The minimum Gasteiger partial charge on any atom is -0.316 e. The second-order valence-electron chi connectivity index (χ2n) is 3.87. The fourth-order valence-electron chi connectivity index (χ4n) is 1.24. The molecule has 0 aromatic heterocycles. The summed E-state index contributed by atoms with van der Waals surface area (Å²) in [5, 5.41) is 3.30. The zero-order valence-electron chi connectivity index (χ0n) is 9.04. The van der Waals surface area contributed by atoms with Crippen LogP contribution < -0.4 is 5.32 Å². The van der Waals surface area contributed by atoms with Crippen molar-refractivity contribution in [2.75, 3.05) is 13.1 Å². The Bertz CT molecular complexity index is 134. The quantitative estimate of drug-likeness (QED) is 0.640. The van der Waals surface area contributed by atoms with Gasteiger partial charge >= 0.3 is 0 Å². The molecular weight excluding hydrogens is 146 g/mol. The highest BCUT2D eigenvalue weighted by atomic mass is 15.0. The summed E-state index contributed by atoms with van der Waals surface area (Å²) in [6.45, 7) is 14.7. The molecule has 0 aliphatic carbocycles. The monoisotopic (exact) mass is 169 g/mol. The Hall–Kier alpha value is -0.300. The lowest BCUT2D eigenvalue weighted by molar-refractivity contribution is 0.180. The third kappa shape index (κ3) is 3.91. The number of allylic oxidation sites excluding steroid dienone is 1. The van der Waals surface area contributed by atoms with Crippen LogP contribution in [0.2, 0.25) is 0 Å². The van der Waals surface area contributed by atoms with Crippen LogP contribution in [0, 0.1) is 5.41 Å². The van der Waals surface area contributed by atoms with Crippen LogP contribution in [0.5, 0.6) is 0 Å². The van der Waals surface area contributed by atoms with Crippen LogP contribution in [0.3, 0.4) is 0 Å². The zero-order chi connectivity index (χ0) is 9.61. The minimum atomic E-state index is 0.582. The Morgan fingerprint density at radius 1 is 1.42 bits per heavy atom. The van der Waals surface area contributed by atoms with Crippen LogP contribution in [-0.4, -0.2) is 13.1 Å². The normalized spacial score (nSPS) is 18.7. The highest BCUT2D eigenvalue weighted by Crippen LogP contribution is 2.28. The van der Waals surface area contributed by atoms with Crippen molar-refractivity contribution >= 4 is 0 Å². The van der Waals surface area contributed by atoms with E-state index in [9.17, 15) is 0 Å². The van der Waals surface area contributed by atoms with Gasteiger partial charge in [-0.2, -0.15) is 0 Å². The van der Waals surface area contributed by atoms with Crippen molar-refractivity contribution in [3.8, 4) is 0 Å². The van der Waals surface area contributed by atoms with Gasteiger partial charge in [0.2, 0.25) is 0 Å². The predicted octanol–water partition coefficient (Wildman–Crippen LogP) is 2.98. The first-order chi connectivity index (χ1) is 5.62. The topological polar surface area (TPSA) is 12.0 Å². The number of hydrogen-bond donors (Lipinski definition) is 1. The molecule has 72 valence electrons. The molecule has 0 unspecified atom stereocenters. The first-order valence-electron chi connectivity index (χ1n) is 4.97. The molecule has 1 rings (SSSR count). The minimum absolute atomic E-state index is 0.582. The van der Waals surface area contributed by atoms with Gasteiger partial charge in [0.15, 0.2) is 0 Å². The van der Waals surface area contributed by atoms with E-state index in [4.69, 9.17) is 0 Å². The van der Waals surface area contributed by atoms with E-state index in [0.717, 1.165) is 0 Å². The molecular formula is C11H23N. The summed E-state index contributed by atoms with van der Waals surface area (Å²) in [4.78, 5) is 0. The Morgan fingerprint density at radius 3 is 2.17 bits per heavy atom. The van der Waals surface area contributed by atoms with Crippen LogP contribution in [0.1, 0.15) is 40.5 Å². The summed E-state index contributed by atoms with van der Waals surface area (Å²) >= 11 is 0. The molecule has 1 aliphatic rings. The van der Waals surface area contributed by atoms with Gasteiger partial charge in [0, 0.05) is 13.1 Å². The van der Waals surface area contributed by atoms with Crippen LogP contribution in [0.4, 0.5) is 0 Å². The molecule has 1 aliphatic heterocycles. The summed E-state index contributed by atoms with van der Waals surface area (Å²) in [5.41, 5.74) is 1.90. The highest BCUT2D eigenvalue weighted by molar-refractivity contribution is 4.95. The van der Waals surface area contributed by atoms with Crippen molar-refractivity contribution < 1.29 is 0 Å². The van der Waals surface area contributed by atoms with Crippen molar-refractivity contribution in [2.45, 2.75) is 40.5 Å². The molecule has 1 saturated heterocycles. The van der Waals surface area contributed by atoms with E-state index >= 15 is 0 Å². The molecule has 0 aromatic carbocycles. The van der Waals surface area contributed by atoms with Gasteiger partial charge in [-0.3, -0.25) is 0 Å². The lowest BCUT2D eigenvalue weighted by Crippen LogP contribution is -2.51. The maximum Gasteiger partial charge on any atom is 0.00177 e. The first-order valence-corrected chi connectivity index (χ1v) is 4.97. The van der Waals surface area contributed by atoms with Gasteiger partial charge in [0.1, 0.15) is 0 Å². The SMILES string of the molecule is C=C(C)CCC1(C)CNC1.CC. The Kier molecular flexibility index (Phi) is 5.23. The number of hydrogen-bond acceptors (Lipinski definition) is 1. The van der Waals surface area contributed by atoms with Crippen LogP contribution in [0.15, 0.2) is 12.2 Å². The van der Waals surface area contributed by atoms with E-state index in [1.54, 1.807) is 0 Å². The number of nitrogens with one attached hydrogen (secondary N) is 1. The zero-order valence-corrected chi connectivity index (χ0v) is 9.04. The Morgan fingerprint density at radius 2 is 1.92 bits per heavy atom. The second kappa shape index (κ2) is 5.36. The lowest BCUT2D eigenvalue weighted by Gasteiger charge is -2.39. The van der Waals surface area contributed by atoms with E-state index in [2.05, 4.69) is 25.7 Å². The standard InChI is InChI=1S/C9H17N.C2H6/c1-8(2)4-5-9(3)6-10-7-9;1-2/h10H,1,4-7H2,2-3H3;1-2H3. The number of rotatable bonds is 3. The third-order valence-corrected chi connectivity index (χ3v) is 2.26. The van der Waals surface area contributed by atoms with E-state index in [0.29, 0.717) is 5.41 Å². The van der Waals surface area contributed by atoms with E-state index < -0.39 is 0 Å². The van der Waals surface area contributed by atoms with Gasteiger partial charge in [-0.1, -0.05) is 26.3 Å². The summed E-state index contributed by atoms with van der Waals surface area (Å²) < 4.78 is 0. The summed E-state index contributed by atoms with van der Waals surface area (Å²) in [6, 6.07) is 0. The lowest BCUT2D eigenvalue weighted by atomic mass is 9.79. The van der Waals surface area contributed by atoms with E-state index in [1.807, 2.05) is 13.8 Å². The molecule has 0 radical (unpaired) electrons. The third-order valence-electron chi connectivity index (χ3n) is 2.26. The first kappa shape index (κ1) is 11.7. The van der Waals surface area contributed by atoms with Gasteiger partial charge < -0.3 is 5.32 Å². The maximum absolute atomic E-state index is 3.90. The van der Waals surface area contributed by atoms with Crippen molar-refractivity contribution in [3.05, 3.63) is 12.2 Å². The molecule has 0 saturated carbocycles. The largest absolute Gasteiger partial charge is 0.316 e. The Labute approximate surface area is 77.2 Å². The van der Waals surface area contributed by atoms with E-state index in [1.165, 1.54) is 31.5 Å². The van der Waals surface area contributed by atoms with Gasteiger partial charge in [-0.25, -0.2) is 0 Å². The smallest absolute Gasteiger partial charge is 0.00177 e. The van der Waals surface area contributed by atoms with Gasteiger partial charge in [-0.15, -0.1) is 6.58 Å². The summed E-state index contributed by atoms with van der Waals surface area (Å²) in [5.74, 6) is 0. The molecule has 12 heavy (non-hydrogen) atoms. The molecule has 1 heterocycles. The highest BCUT2D eigenvalue weighted by Gasteiger charge is 2.30. The average molecular weight is 169 g/mol. The van der Waals surface area contributed by atoms with Gasteiger partial charge in [-0.05, 0) is 25.2 Å². The average Bonchev–Trinajstić information content (AvgIpc) is 2.01. The predicted molar refractivity (Wildman–Crippen MR) is 56.4 cm³/mol. The van der Waals surface area contributed by atoms with E-state index in [-0.39, 0.29) is 0 Å². The summed E-state index contributed by atoms with van der Waals surface area (Å²) in [6.07, 6.45) is 2.49. The molecule has 0 aromatic rings. The van der Waals surface area contributed by atoms with Crippen LogP contribution in [0.25, 0.3) is 0 Å². The molecule has 1 N–H and O–H groups in total. The Balaban J connectivity index is 0.000000561. The van der Waals surface area contributed by atoms with Gasteiger partial charge in [0.05, 0.1) is 0 Å². The molecule has 0 atom stereocenters. The molecule has 1 heteroatoms. The second-order valence-corrected chi connectivity index (χ2v) is 3.87. The fourth-order valence-corrected chi connectivity index (χ4v) is 1.24. The molecule has 0 amide bonds. The fraction of sp³-hybridized carbons (Fsp3) is 0.818. The molecule has 0 spiro atoms. The molecule has 1 nitrogen and oxygen atoms in total. The molecule has 0 bridgehead atoms. The van der Waals surface area contributed by atoms with Crippen molar-refractivity contribution in [3.63, 3.8) is 0 Å². The van der Waals surface area contributed by atoms with Crippen molar-refractivity contribution in [1.82, 2.24) is 5.32 Å². The van der Waals surface area contributed by atoms with Crippen LogP contribution >= 0.6 is 0 Å². The van der Waals surface area contributed by atoms with Crippen LogP contribution in [-0.2, 0) is 0 Å². The molecule has 1 fully saturated rings. The summed E-state index contributed by atoms with van der Waals surface area (Å²) in [7, 11) is 0. The van der Waals surface area contributed by atoms with Crippen molar-refractivity contribution in [2.24, 2.45) is 5.41 Å².